The lowest BCUT2D eigenvalue weighted by atomic mass is 10.1. The molecule has 2 atom stereocenters. The number of methoxy groups -OCH3 is 1. The van der Waals surface area contributed by atoms with E-state index in [1.165, 1.54) is 0 Å². The maximum atomic E-state index is 12.3. The van der Waals surface area contributed by atoms with Gasteiger partial charge in [-0.15, -0.1) is 0 Å². The summed E-state index contributed by atoms with van der Waals surface area (Å²) >= 11 is -1.52. The van der Waals surface area contributed by atoms with Crippen LogP contribution < -0.4 is 10.2 Å². The van der Waals surface area contributed by atoms with Crippen molar-refractivity contribution in [1.82, 2.24) is 5.48 Å². The first-order valence-corrected chi connectivity index (χ1v) is 6.71. The molecule has 1 rings (SSSR count). The Labute approximate surface area is 109 Å². The van der Waals surface area contributed by atoms with Crippen molar-refractivity contribution >= 4 is 17.1 Å². The predicted molar refractivity (Wildman–Crippen MR) is 68.0 cm³/mol. The van der Waals surface area contributed by atoms with E-state index in [0.717, 1.165) is 0 Å². The molecule has 0 spiro atoms. The second-order valence-electron chi connectivity index (χ2n) is 4.11. The van der Waals surface area contributed by atoms with Gasteiger partial charge in [-0.2, -0.15) is 0 Å². The molecule has 1 aromatic carbocycles. The Hall–Kier alpha value is -1.24. The quantitative estimate of drug-likeness (QED) is 0.481. The highest BCUT2D eigenvalue weighted by Gasteiger charge is 2.35. The standard InChI is InChI=1S/C12H17NO4S/c1-8(2)11(12(14)13-15)18(16)10-6-4-9(17-3)5-7-10/h4-8,11,15H,1-3H3,(H,13,14). The first-order chi connectivity index (χ1) is 8.51. The van der Waals surface area contributed by atoms with Crippen molar-refractivity contribution in [2.75, 3.05) is 7.11 Å². The molecule has 0 bridgehead atoms. The minimum atomic E-state index is -1.52. The van der Waals surface area contributed by atoms with E-state index in [1.54, 1.807) is 50.7 Å². The molecule has 0 fully saturated rings. The minimum absolute atomic E-state index is 0.153. The fourth-order valence-electron chi connectivity index (χ4n) is 1.57. The first-order valence-electron chi connectivity index (χ1n) is 5.49. The normalized spacial score (nSPS) is 14.1. The summed E-state index contributed by atoms with van der Waals surface area (Å²) in [5.41, 5.74) is 1.56. The average Bonchev–Trinajstić information content (AvgIpc) is 2.38. The summed E-state index contributed by atoms with van der Waals surface area (Å²) in [6.07, 6.45) is 0. The van der Waals surface area contributed by atoms with Crippen LogP contribution >= 0.6 is 0 Å². The van der Waals surface area contributed by atoms with Crippen molar-refractivity contribution in [2.45, 2.75) is 24.0 Å². The summed E-state index contributed by atoms with van der Waals surface area (Å²) in [6.45, 7) is 3.56. The molecule has 0 heterocycles. The molecule has 0 aliphatic rings. The van der Waals surface area contributed by atoms with Gasteiger partial charge in [0, 0.05) is 5.92 Å². The summed E-state index contributed by atoms with van der Waals surface area (Å²) in [6, 6.07) is 6.66. The van der Waals surface area contributed by atoms with Crippen molar-refractivity contribution in [2.24, 2.45) is 5.92 Å². The molecule has 0 aliphatic carbocycles. The minimum Gasteiger partial charge on any atom is -0.611 e. The van der Waals surface area contributed by atoms with E-state index in [9.17, 15) is 9.35 Å². The second-order valence-corrected chi connectivity index (χ2v) is 5.69. The Kier molecular flexibility index (Phi) is 5.46. The van der Waals surface area contributed by atoms with Gasteiger partial charge in [0.2, 0.25) is 5.25 Å². The Morgan fingerprint density at radius 3 is 2.33 bits per heavy atom. The third-order valence-electron chi connectivity index (χ3n) is 2.50. The molecule has 6 heteroatoms. The highest BCUT2D eigenvalue weighted by atomic mass is 32.2. The maximum Gasteiger partial charge on any atom is 0.297 e. The Morgan fingerprint density at radius 2 is 1.94 bits per heavy atom. The van der Waals surface area contributed by atoms with Crippen molar-refractivity contribution in [3.63, 3.8) is 0 Å². The monoisotopic (exact) mass is 271 g/mol. The molecule has 2 unspecified atom stereocenters. The number of amides is 1. The molecule has 0 aromatic heterocycles. The van der Waals surface area contributed by atoms with Crippen LogP contribution in [-0.4, -0.2) is 28.0 Å². The van der Waals surface area contributed by atoms with E-state index in [4.69, 9.17) is 9.94 Å². The van der Waals surface area contributed by atoms with Crippen LogP contribution in [-0.2, 0) is 16.0 Å². The SMILES string of the molecule is COc1ccc([S+]([O-])C(C(=O)NO)C(C)C)cc1. The number of hydroxylamine groups is 1. The Morgan fingerprint density at radius 1 is 1.39 bits per heavy atom. The molecule has 18 heavy (non-hydrogen) atoms. The molecule has 0 aliphatic heterocycles. The lowest BCUT2D eigenvalue weighted by Gasteiger charge is -2.22. The number of hydrogen-bond acceptors (Lipinski definition) is 4. The summed E-state index contributed by atoms with van der Waals surface area (Å²) in [4.78, 5) is 12.0. The number of carbonyl (C=O) groups excluding carboxylic acids is 1. The molecule has 0 radical (unpaired) electrons. The van der Waals surface area contributed by atoms with Gasteiger partial charge in [-0.3, -0.25) is 10.0 Å². The molecule has 100 valence electrons. The fraction of sp³-hybridized carbons (Fsp3) is 0.417. The van der Waals surface area contributed by atoms with E-state index in [-0.39, 0.29) is 5.92 Å². The average molecular weight is 271 g/mol. The van der Waals surface area contributed by atoms with Gasteiger partial charge in [-0.1, -0.05) is 13.8 Å². The zero-order valence-electron chi connectivity index (χ0n) is 10.5. The smallest absolute Gasteiger partial charge is 0.297 e. The van der Waals surface area contributed by atoms with Crippen molar-refractivity contribution < 1.29 is 19.3 Å². The van der Waals surface area contributed by atoms with Crippen LogP contribution in [0.4, 0.5) is 0 Å². The number of nitrogens with one attached hydrogen (secondary N) is 1. The molecule has 0 saturated heterocycles. The van der Waals surface area contributed by atoms with Crippen molar-refractivity contribution in [3.8, 4) is 5.75 Å². The van der Waals surface area contributed by atoms with Crippen LogP contribution in [0.25, 0.3) is 0 Å². The first kappa shape index (κ1) is 14.8. The number of ether oxygens (including phenoxy) is 1. The maximum absolute atomic E-state index is 12.3. The van der Waals surface area contributed by atoms with E-state index >= 15 is 0 Å². The highest BCUT2D eigenvalue weighted by molar-refractivity contribution is 7.92. The van der Waals surface area contributed by atoms with E-state index in [1.807, 2.05) is 0 Å². The van der Waals surface area contributed by atoms with Crippen LogP contribution in [0.2, 0.25) is 0 Å². The molecule has 1 amide bonds. The van der Waals surface area contributed by atoms with Crippen LogP contribution in [0.5, 0.6) is 5.75 Å². The molecular formula is C12H17NO4S. The van der Waals surface area contributed by atoms with Crippen LogP contribution in [0, 0.1) is 5.92 Å². The van der Waals surface area contributed by atoms with E-state index in [0.29, 0.717) is 10.6 Å². The number of hydrogen-bond donors (Lipinski definition) is 2. The van der Waals surface area contributed by atoms with Gasteiger partial charge in [0.15, 0.2) is 4.90 Å². The van der Waals surface area contributed by atoms with Gasteiger partial charge >= 0.3 is 0 Å². The van der Waals surface area contributed by atoms with E-state index < -0.39 is 22.3 Å². The fourth-order valence-corrected chi connectivity index (χ4v) is 3.01. The van der Waals surface area contributed by atoms with Crippen LogP contribution in [0.15, 0.2) is 29.2 Å². The summed E-state index contributed by atoms with van der Waals surface area (Å²) in [7, 11) is 1.54. The lowest BCUT2D eigenvalue weighted by Crippen LogP contribution is -2.41. The van der Waals surface area contributed by atoms with Crippen molar-refractivity contribution in [1.29, 1.82) is 0 Å². The third kappa shape index (κ3) is 3.38. The Bertz CT molecular complexity index is 394. The topological polar surface area (TPSA) is 81.6 Å². The number of carbonyl (C=O) groups is 1. The lowest BCUT2D eigenvalue weighted by molar-refractivity contribution is -0.129. The highest BCUT2D eigenvalue weighted by Crippen LogP contribution is 2.23. The predicted octanol–water partition coefficient (Wildman–Crippen LogP) is 1.33. The zero-order valence-corrected chi connectivity index (χ0v) is 11.4. The zero-order chi connectivity index (χ0) is 13.7. The van der Waals surface area contributed by atoms with Gasteiger partial charge in [0.1, 0.15) is 5.75 Å². The van der Waals surface area contributed by atoms with Crippen molar-refractivity contribution in [3.05, 3.63) is 24.3 Å². The van der Waals surface area contributed by atoms with Crippen LogP contribution in [0.1, 0.15) is 13.8 Å². The molecule has 5 nitrogen and oxygen atoms in total. The van der Waals surface area contributed by atoms with Gasteiger partial charge in [-0.05, 0) is 35.4 Å². The summed E-state index contributed by atoms with van der Waals surface area (Å²) in [5.74, 6) is -0.136. The van der Waals surface area contributed by atoms with E-state index in [2.05, 4.69) is 0 Å². The largest absolute Gasteiger partial charge is 0.611 e. The van der Waals surface area contributed by atoms with Gasteiger partial charge in [-0.25, -0.2) is 5.48 Å². The Balaban J connectivity index is 2.94. The molecule has 1 aromatic rings. The van der Waals surface area contributed by atoms with Gasteiger partial charge in [0.05, 0.1) is 7.11 Å². The molecular weight excluding hydrogens is 254 g/mol. The summed E-state index contributed by atoms with van der Waals surface area (Å²) < 4.78 is 17.3. The summed E-state index contributed by atoms with van der Waals surface area (Å²) in [5, 5.41) is 7.89. The molecule has 2 N–H and O–H groups in total. The third-order valence-corrected chi connectivity index (χ3v) is 4.45. The number of rotatable bonds is 5. The second kappa shape index (κ2) is 6.63. The van der Waals surface area contributed by atoms with Gasteiger partial charge in [0.25, 0.3) is 5.91 Å². The van der Waals surface area contributed by atoms with Gasteiger partial charge < -0.3 is 9.29 Å². The number of benzene rings is 1. The van der Waals surface area contributed by atoms with Crippen LogP contribution in [0.3, 0.4) is 0 Å². The molecule has 0 saturated carbocycles.